The summed E-state index contributed by atoms with van der Waals surface area (Å²) >= 11 is 0. The summed E-state index contributed by atoms with van der Waals surface area (Å²) in [6, 6.07) is 4.44. The van der Waals surface area contributed by atoms with Crippen LogP contribution in [0.2, 0.25) is 0 Å². The van der Waals surface area contributed by atoms with Crippen LogP contribution < -0.4 is 5.32 Å². The zero-order chi connectivity index (χ0) is 9.97. The van der Waals surface area contributed by atoms with Gasteiger partial charge in [-0.1, -0.05) is 6.07 Å². The molecule has 0 spiro atoms. The first-order valence-corrected chi connectivity index (χ1v) is 4.96. The first-order chi connectivity index (χ1) is 6.77. The van der Waals surface area contributed by atoms with Crippen molar-refractivity contribution < 1.29 is 9.50 Å². The lowest BCUT2D eigenvalue weighted by atomic mass is 9.90. The van der Waals surface area contributed by atoms with Crippen LogP contribution in [0.4, 0.5) is 4.39 Å². The summed E-state index contributed by atoms with van der Waals surface area (Å²) in [6.07, 6.45) is 1.95. The highest BCUT2D eigenvalue weighted by atomic mass is 35.5. The maximum atomic E-state index is 13.5. The topological polar surface area (TPSA) is 32.3 Å². The largest absolute Gasteiger partial charge is 0.508 e. The van der Waals surface area contributed by atoms with E-state index in [0.717, 1.165) is 31.5 Å². The van der Waals surface area contributed by atoms with Crippen LogP contribution in [0.1, 0.15) is 24.3 Å². The smallest absolute Gasteiger partial charge is 0.130 e. The Morgan fingerprint density at radius 2 is 1.93 bits per heavy atom. The Morgan fingerprint density at radius 1 is 1.27 bits per heavy atom. The SMILES string of the molecule is Cl.Oc1ccc(C2CCNCC2)c(F)c1. The average Bonchev–Trinajstić information content (AvgIpc) is 2.19. The second-order valence-corrected chi connectivity index (χ2v) is 3.73. The molecule has 0 radical (unpaired) electrons. The molecule has 84 valence electrons. The minimum absolute atomic E-state index is 0. The molecular weight excluding hydrogens is 217 g/mol. The Hall–Kier alpha value is -0.800. The summed E-state index contributed by atoms with van der Waals surface area (Å²) in [5.74, 6) is 0.0222. The fourth-order valence-corrected chi connectivity index (χ4v) is 1.98. The number of aromatic hydroxyl groups is 1. The van der Waals surface area contributed by atoms with E-state index in [2.05, 4.69) is 5.32 Å². The van der Waals surface area contributed by atoms with Gasteiger partial charge in [-0.25, -0.2) is 4.39 Å². The Bertz CT molecular complexity index is 326. The van der Waals surface area contributed by atoms with E-state index in [1.807, 2.05) is 0 Å². The number of phenols is 1. The second-order valence-electron chi connectivity index (χ2n) is 3.73. The van der Waals surface area contributed by atoms with Gasteiger partial charge in [-0.3, -0.25) is 0 Å². The van der Waals surface area contributed by atoms with Crippen LogP contribution in [0, 0.1) is 5.82 Å². The van der Waals surface area contributed by atoms with Crippen molar-refractivity contribution in [2.45, 2.75) is 18.8 Å². The zero-order valence-corrected chi connectivity index (χ0v) is 9.19. The Kier molecular flexibility index (Phi) is 4.36. The molecule has 1 heterocycles. The van der Waals surface area contributed by atoms with Gasteiger partial charge in [-0.05, 0) is 43.5 Å². The molecule has 0 bridgehead atoms. The molecule has 1 fully saturated rings. The molecule has 0 unspecified atom stereocenters. The van der Waals surface area contributed by atoms with Gasteiger partial charge in [0.25, 0.3) is 0 Å². The molecule has 0 aliphatic carbocycles. The normalized spacial score (nSPS) is 17.1. The predicted molar refractivity (Wildman–Crippen MR) is 60.2 cm³/mol. The highest BCUT2D eigenvalue weighted by molar-refractivity contribution is 5.85. The van der Waals surface area contributed by atoms with Crippen LogP contribution in [0.25, 0.3) is 0 Å². The van der Waals surface area contributed by atoms with Gasteiger partial charge in [0, 0.05) is 6.07 Å². The molecule has 15 heavy (non-hydrogen) atoms. The number of halogens is 2. The van der Waals surface area contributed by atoms with Gasteiger partial charge in [0.05, 0.1) is 0 Å². The third-order valence-corrected chi connectivity index (χ3v) is 2.76. The Labute approximate surface area is 94.9 Å². The van der Waals surface area contributed by atoms with Crippen molar-refractivity contribution in [3.8, 4) is 5.75 Å². The summed E-state index contributed by atoms with van der Waals surface area (Å²) in [5.41, 5.74) is 0.740. The van der Waals surface area contributed by atoms with Gasteiger partial charge in [0.15, 0.2) is 0 Å². The summed E-state index contributed by atoms with van der Waals surface area (Å²) in [5, 5.41) is 12.3. The highest BCUT2D eigenvalue weighted by Gasteiger charge is 2.18. The first kappa shape index (κ1) is 12.3. The molecule has 1 aromatic rings. The van der Waals surface area contributed by atoms with E-state index in [0.29, 0.717) is 5.92 Å². The Balaban J connectivity index is 0.00000112. The molecule has 1 aromatic carbocycles. The molecule has 0 aromatic heterocycles. The lowest BCUT2D eigenvalue weighted by molar-refractivity contribution is 0.438. The van der Waals surface area contributed by atoms with Gasteiger partial charge >= 0.3 is 0 Å². The minimum Gasteiger partial charge on any atom is -0.508 e. The fourth-order valence-electron chi connectivity index (χ4n) is 1.98. The van der Waals surface area contributed by atoms with Gasteiger partial charge in [0.1, 0.15) is 11.6 Å². The molecule has 1 saturated heterocycles. The van der Waals surface area contributed by atoms with Crippen LogP contribution in [-0.4, -0.2) is 18.2 Å². The molecule has 0 amide bonds. The maximum absolute atomic E-state index is 13.5. The molecule has 1 aliphatic rings. The van der Waals surface area contributed by atoms with E-state index >= 15 is 0 Å². The maximum Gasteiger partial charge on any atom is 0.130 e. The molecular formula is C11H15ClFNO. The van der Waals surface area contributed by atoms with Crippen LogP contribution in [0.3, 0.4) is 0 Å². The minimum atomic E-state index is -0.281. The molecule has 0 atom stereocenters. The van der Waals surface area contributed by atoms with Crippen molar-refractivity contribution in [3.63, 3.8) is 0 Å². The summed E-state index contributed by atoms with van der Waals surface area (Å²) in [7, 11) is 0. The average molecular weight is 232 g/mol. The van der Waals surface area contributed by atoms with Gasteiger partial charge in [0.2, 0.25) is 0 Å². The predicted octanol–water partition coefficient (Wildman–Crippen LogP) is 2.42. The van der Waals surface area contributed by atoms with E-state index < -0.39 is 0 Å². The fraction of sp³-hybridized carbons (Fsp3) is 0.455. The molecule has 1 aliphatic heterocycles. The van der Waals surface area contributed by atoms with E-state index in [1.165, 1.54) is 6.07 Å². The lowest BCUT2D eigenvalue weighted by Gasteiger charge is -2.23. The lowest BCUT2D eigenvalue weighted by Crippen LogP contribution is -2.27. The van der Waals surface area contributed by atoms with Crippen LogP contribution >= 0.6 is 12.4 Å². The summed E-state index contributed by atoms with van der Waals surface area (Å²) < 4.78 is 13.5. The van der Waals surface area contributed by atoms with E-state index in [9.17, 15) is 4.39 Å². The number of nitrogens with one attached hydrogen (secondary N) is 1. The molecule has 2 rings (SSSR count). The third-order valence-electron chi connectivity index (χ3n) is 2.76. The quantitative estimate of drug-likeness (QED) is 0.778. The number of piperidine rings is 1. The molecule has 2 nitrogen and oxygen atoms in total. The Morgan fingerprint density at radius 3 is 2.53 bits per heavy atom. The van der Waals surface area contributed by atoms with E-state index in [4.69, 9.17) is 5.11 Å². The summed E-state index contributed by atoms with van der Waals surface area (Å²) in [4.78, 5) is 0. The number of hydrogen-bond donors (Lipinski definition) is 2. The van der Waals surface area contributed by atoms with Crippen molar-refractivity contribution in [3.05, 3.63) is 29.6 Å². The monoisotopic (exact) mass is 231 g/mol. The molecule has 4 heteroatoms. The van der Waals surface area contributed by atoms with Gasteiger partial charge < -0.3 is 10.4 Å². The number of hydrogen-bond acceptors (Lipinski definition) is 2. The van der Waals surface area contributed by atoms with E-state index in [-0.39, 0.29) is 24.0 Å². The van der Waals surface area contributed by atoms with Gasteiger partial charge in [-0.15, -0.1) is 12.4 Å². The van der Waals surface area contributed by atoms with Crippen LogP contribution in [0.5, 0.6) is 5.75 Å². The number of phenolic OH excluding ortho intramolecular Hbond substituents is 1. The standard InChI is InChI=1S/C11H14FNO.ClH/c12-11-7-9(14)1-2-10(11)8-3-5-13-6-4-8;/h1-2,7-8,13-14H,3-6H2;1H. The van der Waals surface area contributed by atoms with Crippen molar-refractivity contribution in [2.75, 3.05) is 13.1 Å². The van der Waals surface area contributed by atoms with Crippen LogP contribution in [-0.2, 0) is 0 Å². The second kappa shape index (κ2) is 5.33. The molecule has 2 N–H and O–H groups in total. The third kappa shape index (κ3) is 2.83. The van der Waals surface area contributed by atoms with Crippen molar-refractivity contribution in [1.29, 1.82) is 0 Å². The van der Waals surface area contributed by atoms with Gasteiger partial charge in [-0.2, -0.15) is 0 Å². The number of rotatable bonds is 1. The van der Waals surface area contributed by atoms with Crippen molar-refractivity contribution in [2.24, 2.45) is 0 Å². The van der Waals surface area contributed by atoms with Crippen molar-refractivity contribution in [1.82, 2.24) is 5.32 Å². The molecule has 0 saturated carbocycles. The highest BCUT2D eigenvalue weighted by Crippen LogP contribution is 2.28. The van der Waals surface area contributed by atoms with E-state index in [1.54, 1.807) is 12.1 Å². The van der Waals surface area contributed by atoms with Crippen LogP contribution in [0.15, 0.2) is 18.2 Å². The number of benzene rings is 1. The first-order valence-electron chi connectivity index (χ1n) is 4.96. The van der Waals surface area contributed by atoms with Crippen molar-refractivity contribution >= 4 is 12.4 Å². The zero-order valence-electron chi connectivity index (χ0n) is 8.37. The summed E-state index contributed by atoms with van der Waals surface area (Å²) in [6.45, 7) is 1.90.